The minimum absolute atomic E-state index is 0. The molecule has 0 saturated carbocycles. The van der Waals surface area contributed by atoms with Crippen LogP contribution in [-0.4, -0.2) is 56.4 Å². The van der Waals surface area contributed by atoms with Crippen LogP contribution in [0.4, 0.5) is 13.2 Å². The lowest BCUT2D eigenvalue weighted by Gasteiger charge is -2.24. The van der Waals surface area contributed by atoms with Gasteiger partial charge in [0.25, 0.3) is 0 Å². The lowest BCUT2D eigenvalue weighted by Crippen LogP contribution is -2.44. The van der Waals surface area contributed by atoms with Gasteiger partial charge in [0, 0.05) is 26.2 Å². The first-order valence-corrected chi connectivity index (χ1v) is 8.88. The van der Waals surface area contributed by atoms with E-state index in [0.717, 1.165) is 25.2 Å². The van der Waals surface area contributed by atoms with Crippen LogP contribution in [0.15, 0.2) is 29.3 Å². The van der Waals surface area contributed by atoms with Gasteiger partial charge in [0.2, 0.25) is 0 Å². The number of likely N-dealkylation sites (N-methyl/N-ethyl adjacent to an activating group) is 1. The molecule has 1 aromatic rings. The fraction of sp³-hybridized carbons (Fsp3) is 0.611. The second-order valence-corrected chi connectivity index (χ2v) is 6.28. The molecular weight excluding hydrogens is 472 g/mol. The highest BCUT2D eigenvalue weighted by molar-refractivity contribution is 14.0. The van der Waals surface area contributed by atoms with Gasteiger partial charge in [-0.15, -0.1) is 24.0 Å². The van der Waals surface area contributed by atoms with Crippen molar-refractivity contribution >= 4 is 29.9 Å². The van der Waals surface area contributed by atoms with Crippen molar-refractivity contribution in [3.05, 3.63) is 29.8 Å². The number of hydrogen-bond donors (Lipinski definition) is 2. The predicted octanol–water partition coefficient (Wildman–Crippen LogP) is 3.40. The Morgan fingerprint density at radius 1 is 1.26 bits per heavy atom. The molecule has 1 fully saturated rings. The first kappa shape index (κ1) is 23.8. The zero-order chi connectivity index (χ0) is 19.0. The second kappa shape index (κ2) is 11.6. The molecule has 0 spiro atoms. The first-order chi connectivity index (χ1) is 12.4. The largest absolute Gasteiger partial charge is 0.484 e. The number of hydrogen-bond acceptors (Lipinski definition) is 3. The summed E-state index contributed by atoms with van der Waals surface area (Å²) in [7, 11) is 1.72. The molecule has 0 aromatic heterocycles. The number of nitrogens with zero attached hydrogens (tertiary/aromatic N) is 2. The number of guanidine groups is 1. The fourth-order valence-corrected chi connectivity index (χ4v) is 3.03. The quantitative estimate of drug-likeness (QED) is 0.343. The molecule has 0 radical (unpaired) electrons. The molecule has 0 aliphatic carbocycles. The summed E-state index contributed by atoms with van der Waals surface area (Å²) in [6.07, 6.45) is -1.91. The van der Waals surface area contributed by atoms with Crippen LogP contribution >= 0.6 is 24.0 Å². The molecule has 1 atom stereocenters. The van der Waals surface area contributed by atoms with E-state index < -0.39 is 12.8 Å². The van der Waals surface area contributed by atoms with E-state index in [0.29, 0.717) is 18.5 Å². The van der Waals surface area contributed by atoms with Gasteiger partial charge in [-0.25, -0.2) is 0 Å². The van der Waals surface area contributed by atoms with Crippen molar-refractivity contribution < 1.29 is 17.9 Å². The molecule has 1 unspecified atom stereocenters. The molecule has 1 aliphatic rings. The zero-order valence-corrected chi connectivity index (χ0v) is 18.0. The van der Waals surface area contributed by atoms with Gasteiger partial charge < -0.3 is 15.4 Å². The van der Waals surface area contributed by atoms with E-state index in [2.05, 4.69) is 27.4 Å². The molecule has 0 amide bonds. The lowest BCUT2D eigenvalue weighted by atomic mass is 10.2. The number of nitrogens with one attached hydrogen (secondary N) is 2. The molecule has 2 rings (SSSR count). The molecule has 1 aromatic carbocycles. The summed E-state index contributed by atoms with van der Waals surface area (Å²) in [6, 6.07) is 7.08. The highest BCUT2D eigenvalue weighted by Crippen LogP contribution is 2.19. The summed E-state index contributed by atoms with van der Waals surface area (Å²) in [6.45, 7) is 4.47. The number of likely N-dealkylation sites (tertiary alicyclic amines) is 1. The van der Waals surface area contributed by atoms with Crippen LogP contribution in [-0.2, 0) is 6.54 Å². The van der Waals surface area contributed by atoms with Crippen molar-refractivity contribution in [3.8, 4) is 5.75 Å². The normalized spacial score (nSPS) is 18.1. The molecule has 1 heterocycles. The van der Waals surface area contributed by atoms with Crippen molar-refractivity contribution in [2.75, 3.05) is 33.3 Å². The summed E-state index contributed by atoms with van der Waals surface area (Å²) in [4.78, 5) is 6.67. The summed E-state index contributed by atoms with van der Waals surface area (Å²) in [5.41, 5.74) is 0.934. The fourth-order valence-electron chi connectivity index (χ4n) is 3.03. The van der Waals surface area contributed by atoms with Crippen molar-refractivity contribution in [2.24, 2.45) is 4.99 Å². The topological polar surface area (TPSA) is 48.9 Å². The van der Waals surface area contributed by atoms with E-state index in [1.807, 2.05) is 0 Å². The van der Waals surface area contributed by atoms with E-state index in [-0.39, 0.29) is 29.7 Å². The highest BCUT2D eigenvalue weighted by Gasteiger charge is 2.28. The molecule has 154 valence electrons. The zero-order valence-electron chi connectivity index (χ0n) is 15.7. The number of rotatable bonds is 7. The summed E-state index contributed by atoms with van der Waals surface area (Å²) in [5.74, 6) is 0.917. The Morgan fingerprint density at radius 3 is 2.56 bits per heavy atom. The average Bonchev–Trinajstić information content (AvgIpc) is 3.08. The van der Waals surface area contributed by atoms with Crippen LogP contribution in [0.5, 0.6) is 5.75 Å². The smallest absolute Gasteiger partial charge is 0.422 e. The monoisotopic (exact) mass is 500 g/mol. The predicted molar refractivity (Wildman–Crippen MR) is 112 cm³/mol. The van der Waals surface area contributed by atoms with Crippen molar-refractivity contribution in [3.63, 3.8) is 0 Å². The van der Waals surface area contributed by atoms with E-state index in [1.54, 1.807) is 19.2 Å². The van der Waals surface area contributed by atoms with Crippen LogP contribution in [0.1, 0.15) is 25.3 Å². The SMILES string of the molecule is CCN1CCCC1CNC(=NC)NCc1ccc(OCC(F)(F)F)cc1.I. The van der Waals surface area contributed by atoms with Gasteiger partial charge >= 0.3 is 6.18 Å². The van der Waals surface area contributed by atoms with Gasteiger partial charge in [0.15, 0.2) is 12.6 Å². The van der Waals surface area contributed by atoms with Crippen LogP contribution in [0.2, 0.25) is 0 Å². The number of benzene rings is 1. The Hall–Kier alpha value is -1.23. The van der Waals surface area contributed by atoms with Crippen LogP contribution in [0.3, 0.4) is 0 Å². The van der Waals surface area contributed by atoms with E-state index in [1.165, 1.54) is 25.0 Å². The lowest BCUT2D eigenvalue weighted by molar-refractivity contribution is -0.153. The minimum atomic E-state index is -4.33. The van der Waals surface area contributed by atoms with E-state index in [9.17, 15) is 13.2 Å². The summed E-state index contributed by atoms with van der Waals surface area (Å²) < 4.78 is 41.1. The molecule has 27 heavy (non-hydrogen) atoms. The third kappa shape index (κ3) is 8.54. The standard InChI is InChI=1S/C18H27F3N4O.HI/c1-3-25-10-4-5-15(25)12-24-17(22-2)23-11-14-6-8-16(9-7-14)26-13-18(19,20)21;/h6-9,15H,3-5,10-13H2,1-2H3,(H2,22,23,24);1H. The molecular formula is C18H28F3IN4O. The minimum Gasteiger partial charge on any atom is -0.484 e. The van der Waals surface area contributed by atoms with Crippen LogP contribution in [0.25, 0.3) is 0 Å². The highest BCUT2D eigenvalue weighted by atomic mass is 127. The Balaban J connectivity index is 0.00000364. The molecule has 1 saturated heterocycles. The number of alkyl halides is 3. The van der Waals surface area contributed by atoms with Gasteiger partial charge in [-0.05, 0) is 43.6 Å². The molecule has 1 aliphatic heterocycles. The van der Waals surface area contributed by atoms with Gasteiger partial charge in [0.1, 0.15) is 5.75 Å². The van der Waals surface area contributed by atoms with Crippen molar-refractivity contribution in [1.82, 2.24) is 15.5 Å². The Kier molecular flexibility index (Phi) is 10.2. The van der Waals surface area contributed by atoms with Gasteiger partial charge in [0.05, 0.1) is 0 Å². The summed E-state index contributed by atoms with van der Waals surface area (Å²) in [5, 5.41) is 6.56. The number of ether oxygens (including phenoxy) is 1. The molecule has 2 N–H and O–H groups in total. The Labute approximate surface area is 175 Å². The average molecular weight is 500 g/mol. The van der Waals surface area contributed by atoms with Gasteiger partial charge in [-0.1, -0.05) is 19.1 Å². The molecule has 0 bridgehead atoms. The second-order valence-electron chi connectivity index (χ2n) is 6.28. The third-order valence-electron chi connectivity index (χ3n) is 4.42. The maximum atomic E-state index is 12.1. The van der Waals surface area contributed by atoms with Crippen molar-refractivity contribution in [1.29, 1.82) is 0 Å². The van der Waals surface area contributed by atoms with Crippen LogP contribution in [0, 0.1) is 0 Å². The molecule has 9 heteroatoms. The van der Waals surface area contributed by atoms with Gasteiger partial charge in [-0.3, -0.25) is 9.89 Å². The van der Waals surface area contributed by atoms with Crippen LogP contribution < -0.4 is 15.4 Å². The first-order valence-electron chi connectivity index (χ1n) is 8.88. The maximum absolute atomic E-state index is 12.1. The number of aliphatic imine (C=N–C) groups is 1. The maximum Gasteiger partial charge on any atom is 0.422 e. The third-order valence-corrected chi connectivity index (χ3v) is 4.42. The van der Waals surface area contributed by atoms with E-state index in [4.69, 9.17) is 4.74 Å². The van der Waals surface area contributed by atoms with E-state index >= 15 is 0 Å². The molecule has 5 nitrogen and oxygen atoms in total. The Morgan fingerprint density at radius 2 is 1.96 bits per heavy atom. The number of halogens is 4. The summed E-state index contributed by atoms with van der Waals surface area (Å²) >= 11 is 0. The van der Waals surface area contributed by atoms with Gasteiger partial charge in [-0.2, -0.15) is 13.2 Å². The Bertz CT molecular complexity index is 581. The van der Waals surface area contributed by atoms with Crippen molar-refractivity contribution in [2.45, 2.75) is 38.5 Å².